The quantitative estimate of drug-likeness (QED) is 0.151. The van der Waals surface area contributed by atoms with Crippen molar-refractivity contribution in [3.8, 4) is 23.1 Å². The molecule has 5 aromatic rings. The number of anilines is 1. The summed E-state index contributed by atoms with van der Waals surface area (Å²) >= 11 is 0. The van der Waals surface area contributed by atoms with Crippen molar-refractivity contribution in [2.45, 2.75) is 18.9 Å². The van der Waals surface area contributed by atoms with Gasteiger partial charge in [-0.15, -0.1) is 17.0 Å². The van der Waals surface area contributed by atoms with Crippen molar-refractivity contribution >= 4 is 45.4 Å². The Bertz CT molecular complexity index is 2120. The van der Waals surface area contributed by atoms with Gasteiger partial charge in [0.2, 0.25) is 5.88 Å². The summed E-state index contributed by atoms with van der Waals surface area (Å²) in [4.78, 5) is 35.8. The number of rotatable bonds is 9. The van der Waals surface area contributed by atoms with Crippen LogP contribution in [0.5, 0.6) is 23.1 Å². The van der Waals surface area contributed by atoms with Crippen LogP contribution < -0.4 is 14.4 Å². The molecule has 1 N–H and O–H groups in total. The maximum absolute atomic E-state index is 13.6. The van der Waals surface area contributed by atoms with Crippen molar-refractivity contribution in [3.63, 3.8) is 0 Å². The van der Waals surface area contributed by atoms with Crippen molar-refractivity contribution in [1.82, 2.24) is 19.4 Å². The second kappa shape index (κ2) is 16.0. The number of carbonyl (C=O) groups is 2. The molecule has 286 valence electrons. The fraction of sp³-hybridized carbons (Fsp3) is 0.270. The second-order valence-electron chi connectivity index (χ2n) is 12.5. The van der Waals surface area contributed by atoms with E-state index in [9.17, 15) is 41.0 Å². The molecule has 0 atom stereocenters. The van der Waals surface area contributed by atoms with Gasteiger partial charge in [-0.1, -0.05) is 12.1 Å². The Labute approximate surface area is 315 Å². The summed E-state index contributed by atoms with van der Waals surface area (Å²) in [5.74, 6) is -0.888. The number of piperazine rings is 1. The van der Waals surface area contributed by atoms with E-state index in [2.05, 4.69) is 9.88 Å². The van der Waals surface area contributed by atoms with Crippen molar-refractivity contribution in [2.75, 3.05) is 44.7 Å². The smallest absolute Gasteiger partial charge is 0.422 e. The molecule has 2 aromatic heterocycles. The third kappa shape index (κ3) is 9.25. The summed E-state index contributed by atoms with van der Waals surface area (Å²) in [5.41, 5.74) is 1.07. The first-order valence-corrected chi connectivity index (χ1v) is 16.3. The molecule has 54 heavy (non-hydrogen) atoms. The number of ether oxygens (including phenoxy) is 2. The highest BCUT2D eigenvalue weighted by Crippen LogP contribution is 2.34. The van der Waals surface area contributed by atoms with Crippen LogP contribution in [0.4, 0.5) is 32.0 Å². The highest BCUT2D eigenvalue weighted by atomic mass is 79.9. The number of phenolic OH excluding ortho intramolecular Hbond substituents is 1. The molecule has 1 fully saturated rings. The molecule has 0 bridgehead atoms. The number of hydrogen-bond donors (Lipinski definition) is 1. The van der Waals surface area contributed by atoms with E-state index >= 15 is 0 Å². The summed E-state index contributed by atoms with van der Waals surface area (Å²) in [6.07, 6.45) is -7.73. The third-order valence-electron chi connectivity index (χ3n) is 8.82. The van der Waals surface area contributed by atoms with Gasteiger partial charge in [-0.25, -0.2) is 4.98 Å². The zero-order chi connectivity index (χ0) is 38.1. The van der Waals surface area contributed by atoms with Crippen LogP contribution in [0.2, 0.25) is 0 Å². The topological polar surface area (TPSA) is 100 Å². The molecular formula is C37H34BrF6N5O5. The molecule has 1 saturated heterocycles. The van der Waals surface area contributed by atoms with Crippen LogP contribution in [0.3, 0.4) is 0 Å². The first-order valence-electron chi connectivity index (χ1n) is 16.3. The molecule has 0 radical (unpaired) electrons. The van der Waals surface area contributed by atoms with Crippen molar-refractivity contribution < 1.29 is 50.5 Å². The lowest BCUT2D eigenvalue weighted by Gasteiger charge is -2.34. The van der Waals surface area contributed by atoms with E-state index in [0.717, 1.165) is 33.5 Å². The Morgan fingerprint density at radius 2 is 1.56 bits per heavy atom. The van der Waals surface area contributed by atoms with Gasteiger partial charge < -0.3 is 28.9 Å². The first kappa shape index (κ1) is 39.9. The fourth-order valence-corrected chi connectivity index (χ4v) is 5.90. The standard InChI is InChI=1S/C37H33F6N5O5.BrH/c1-45(34(50)29-11-6-25(18-32(29)49)37(41,42)43)26-7-12-33(44-20-26)53-28-10-5-24-17-31(46(2)30(24)19-28)35(51)48-15-13-47(14-16-48)21-23-3-8-27(9-4-23)52-22-36(38,39)40;/h3-12,17-20,49H,13-16,21-22H2,1-2H3;1H. The molecule has 1 aliphatic heterocycles. The van der Waals surface area contributed by atoms with Gasteiger partial charge in [0.05, 0.1) is 28.5 Å². The number of benzene rings is 3. The number of hydrogen-bond acceptors (Lipinski definition) is 7. The van der Waals surface area contributed by atoms with Crippen LogP contribution in [0.25, 0.3) is 10.9 Å². The summed E-state index contributed by atoms with van der Waals surface area (Å²) in [7, 11) is 3.18. The molecule has 0 saturated carbocycles. The number of aromatic hydroxyl groups is 1. The molecule has 0 unspecified atom stereocenters. The predicted octanol–water partition coefficient (Wildman–Crippen LogP) is 7.84. The van der Waals surface area contributed by atoms with E-state index in [4.69, 9.17) is 9.47 Å². The lowest BCUT2D eigenvalue weighted by Crippen LogP contribution is -2.48. The van der Waals surface area contributed by atoms with Gasteiger partial charge in [-0.2, -0.15) is 26.3 Å². The minimum absolute atomic E-state index is 0. The molecular weight excluding hydrogens is 788 g/mol. The molecule has 3 heterocycles. The van der Waals surface area contributed by atoms with Gasteiger partial charge >= 0.3 is 12.4 Å². The van der Waals surface area contributed by atoms with Gasteiger partial charge in [0, 0.05) is 64.3 Å². The van der Waals surface area contributed by atoms with Crippen molar-refractivity contribution in [1.29, 1.82) is 0 Å². The summed E-state index contributed by atoms with van der Waals surface area (Å²) in [6, 6.07) is 18.8. The normalized spacial score (nSPS) is 13.7. The third-order valence-corrected chi connectivity index (χ3v) is 8.82. The van der Waals surface area contributed by atoms with Crippen LogP contribution in [-0.2, 0) is 19.8 Å². The monoisotopic (exact) mass is 821 g/mol. The van der Waals surface area contributed by atoms with E-state index < -0.39 is 36.2 Å². The first-order chi connectivity index (χ1) is 25.1. The number of aryl methyl sites for hydroxylation is 1. The number of amides is 2. The van der Waals surface area contributed by atoms with Gasteiger partial charge in [0.25, 0.3) is 11.8 Å². The van der Waals surface area contributed by atoms with E-state index in [1.165, 1.54) is 37.5 Å². The fourth-order valence-electron chi connectivity index (χ4n) is 5.90. The Balaban J connectivity index is 0.00000561. The molecule has 3 aromatic carbocycles. The summed E-state index contributed by atoms with van der Waals surface area (Å²) in [6.45, 7) is 1.46. The number of fused-ring (bicyclic) bond motifs is 1. The van der Waals surface area contributed by atoms with E-state index in [0.29, 0.717) is 55.9 Å². The maximum atomic E-state index is 13.6. The van der Waals surface area contributed by atoms with E-state index in [1.807, 2.05) is 12.1 Å². The minimum Gasteiger partial charge on any atom is -0.507 e. The van der Waals surface area contributed by atoms with Crippen LogP contribution in [-0.4, -0.2) is 82.3 Å². The number of carbonyl (C=O) groups excluding carboxylic acids is 2. The number of nitrogens with zero attached hydrogens (tertiary/aromatic N) is 5. The number of aromatic nitrogens is 2. The lowest BCUT2D eigenvalue weighted by molar-refractivity contribution is -0.153. The van der Waals surface area contributed by atoms with Crippen LogP contribution in [0, 0.1) is 0 Å². The average molecular weight is 823 g/mol. The molecule has 2 amide bonds. The van der Waals surface area contributed by atoms with Gasteiger partial charge in [-0.3, -0.25) is 14.5 Å². The molecule has 6 rings (SSSR count). The largest absolute Gasteiger partial charge is 0.507 e. The summed E-state index contributed by atoms with van der Waals surface area (Å²) in [5, 5.41) is 10.9. The molecule has 0 aliphatic carbocycles. The summed E-state index contributed by atoms with van der Waals surface area (Å²) < 4.78 is 88.6. The lowest BCUT2D eigenvalue weighted by atomic mass is 10.1. The number of pyridine rings is 1. The van der Waals surface area contributed by atoms with Crippen LogP contribution in [0.15, 0.2) is 85.1 Å². The van der Waals surface area contributed by atoms with E-state index in [1.54, 1.807) is 40.8 Å². The highest BCUT2D eigenvalue weighted by Gasteiger charge is 2.32. The Kier molecular flexibility index (Phi) is 11.8. The van der Waals surface area contributed by atoms with Gasteiger partial charge in [0.1, 0.15) is 22.9 Å². The van der Waals surface area contributed by atoms with Gasteiger partial charge in [0.15, 0.2) is 6.61 Å². The maximum Gasteiger partial charge on any atom is 0.422 e. The second-order valence-corrected chi connectivity index (χ2v) is 12.5. The zero-order valence-corrected chi connectivity index (χ0v) is 30.5. The molecule has 17 heteroatoms. The van der Waals surface area contributed by atoms with Crippen molar-refractivity contribution in [2.24, 2.45) is 7.05 Å². The van der Waals surface area contributed by atoms with Gasteiger partial charge in [-0.05, 0) is 60.2 Å². The highest BCUT2D eigenvalue weighted by molar-refractivity contribution is 8.93. The number of phenols is 1. The zero-order valence-electron chi connectivity index (χ0n) is 28.8. The Hall–Kier alpha value is -5.29. The Morgan fingerprint density at radius 3 is 2.17 bits per heavy atom. The molecule has 0 spiro atoms. The average Bonchev–Trinajstić information content (AvgIpc) is 3.45. The number of halogens is 7. The van der Waals surface area contributed by atoms with Crippen molar-refractivity contribution in [3.05, 3.63) is 107 Å². The van der Waals surface area contributed by atoms with E-state index in [-0.39, 0.29) is 40.1 Å². The Morgan fingerprint density at radius 1 is 0.870 bits per heavy atom. The molecule has 1 aliphatic rings. The van der Waals surface area contributed by atoms with Crippen LogP contribution in [0.1, 0.15) is 32.0 Å². The molecule has 10 nitrogen and oxygen atoms in total. The predicted molar refractivity (Wildman–Crippen MR) is 193 cm³/mol. The minimum atomic E-state index is -4.67. The number of alkyl halides is 6. The van der Waals surface area contributed by atoms with Crippen LogP contribution >= 0.6 is 17.0 Å². The SMILES string of the molecule is Br.CN(C(=O)c1ccc(C(F)(F)F)cc1O)c1ccc(Oc2ccc3cc(C(=O)N4CCN(Cc5ccc(OCC(F)(F)F)cc5)CC4)n(C)c3c2)nc1.